The molecule has 82 valence electrons. The summed E-state index contributed by atoms with van der Waals surface area (Å²) in [4.78, 5) is 0. The number of rotatable bonds is 5. The SMILES string of the molecule is CC1CC1NCc1ccc(CCN)cc1. The molecule has 2 nitrogen and oxygen atoms in total. The van der Waals surface area contributed by atoms with E-state index in [-0.39, 0.29) is 0 Å². The zero-order chi connectivity index (χ0) is 10.7. The van der Waals surface area contributed by atoms with Crippen molar-refractivity contribution in [3.63, 3.8) is 0 Å². The second kappa shape index (κ2) is 4.77. The molecule has 2 unspecified atom stereocenters. The Labute approximate surface area is 91.9 Å². The maximum absolute atomic E-state index is 5.51. The van der Waals surface area contributed by atoms with Crippen molar-refractivity contribution in [2.75, 3.05) is 6.54 Å². The van der Waals surface area contributed by atoms with Gasteiger partial charge in [0.15, 0.2) is 0 Å². The maximum Gasteiger partial charge on any atom is 0.0208 e. The molecule has 1 aliphatic rings. The van der Waals surface area contributed by atoms with E-state index in [1.807, 2.05) is 0 Å². The van der Waals surface area contributed by atoms with Crippen LogP contribution in [0.4, 0.5) is 0 Å². The van der Waals surface area contributed by atoms with Crippen molar-refractivity contribution in [3.8, 4) is 0 Å². The molecule has 1 saturated carbocycles. The number of nitrogens with one attached hydrogen (secondary N) is 1. The lowest BCUT2D eigenvalue weighted by Gasteiger charge is -2.05. The standard InChI is InChI=1S/C13H20N2/c1-10-8-13(10)15-9-12-4-2-11(3-5-12)6-7-14/h2-5,10,13,15H,6-9,14H2,1H3. The van der Waals surface area contributed by atoms with Gasteiger partial charge in [-0.25, -0.2) is 0 Å². The van der Waals surface area contributed by atoms with E-state index >= 15 is 0 Å². The van der Waals surface area contributed by atoms with E-state index < -0.39 is 0 Å². The van der Waals surface area contributed by atoms with Crippen molar-refractivity contribution >= 4 is 0 Å². The van der Waals surface area contributed by atoms with Crippen molar-refractivity contribution in [1.82, 2.24) is 5.32 Å². The minimum Gasteiger partial charge on any atom is -0.330 e. The molecule has 0 amide bonds. The molecular weight excluding hydrogens is 184 g/mol. The molecule has 2 rings (SSSR count). The van der Waals surface area contributed by atoms with Crippen LogP contribution in [0.5, 0.6) is 0 Å². The van der Waals surface area contributed by atoms with E-state index in [9.17, 15) is 0 Å². The Morgan fingerprint density at radius 3 is 2.40 bits per heavy atom. The lowest BCUT2D eigenvalue weighted by Crippen LogP contribution is -2.16. The van der Waals surface area contributed by atoms with E-state index in [1.54, 1.807) is 0 Å². The van der Waals surface area contributed by atoms with Crippen LogP contribution in [-0.4, -0.2) is 12.6 Å². The van der Waals surface area contributed by atoms with Crippen LogP contribution in [-0.2, 0) is 13.0 Å². The summed E-state index contributed by atoms with van der Waals surface area (Å²) in [7, 11) is 0. The zero-order valence-corrected chi connectivity index (χ0v) is 9.37. The van der Waals surface area contributed by atoms with Crippen molar-refractivity contribution < 1.29 is 0 Å². The molecule has 15 heavy (non-hydrogen) atoms. The van der Waals surface area contributed by atoms with Crippen LogP contribution in [0, 0.1) is 5.92 Å². The van der Waals surface area contributed by atoms with Crippen LogP contribution in [0.1, 0.15) is 24.5 Å². The summed E-state index contributed by atoms with van der Waals surface area (Å²) in [6.07, 6.45) is 2.32. The summed E-state index contributed by atoms with van der Waals surface area (Å²) >= 11 is 0. The summed E-state index contributed by atoms with van der Waals surface area (Å²) in [6.45, 7) is 4.02. The van der Waals surface area contributed by atoms with Gasteiger partial charge >= 0.3 is 0 Å². The minimum absolute atomic E-state index is 0.733. The first-order valence-corrected chi connectivity index (χ1v) is 5.81. The van der Waals surface area contributed by atoms with Crippen molar-refractivity contribution in [2.45, 2.75) is 32.4 Å². The molecule has 0 saturated heterocycles. The van der Waals surface area contributed by atoms with Crippen LogP contribution in [0.2, 0.25) is 0 Å². The lowest BCUT2D eigenvalue weighted by atomic mass is 10.1. The molecule has 0 radical (unpaired) electrons. The second-order valence-electron chi connectivity index (χ2n) is 4.56. The molecule has 2 atom stereocenters. The Bertz CT molecular complexity index is 305. The maximum atomic E-state index is 5.51. The molecule has 3 N–H and O–H groups in total. The average Bonchev–Trinajstić information content (AvgIpc) is 2.94. The zero-order valence-electron chi connectivity index (χ0n) is 9.37. The Hall–Kier alpha value is -0.860. The highest BCUT2D eigenvalue weighted by Crippen LogP contribution is 2.29. The van der Waals surface area contributed by atoms with Crippen LogP contribution < -0.4 is 11.1 Å². The third kappa shape index (κ3) is 3.05. The van der Waals surface area contributed by atoms with Gasteiger partial charge in [-0.05, 0) is 36.4 Å². The number of benzene rings is 1. The number of hydrogen-bond acceptors (Lipinski definition) is 2. The van der Waals surface area contributed by atoms with E-state index in [0.29, 0.717) is 0 Å². The summed E-state index contributed by atoms with van der Waals surface area (Å²) in [5, 5.41) is 3.55. The largest absolute Gasteiger partial charge is 0.330 e. The third-order valence-electron chi connectivity index (χ3n) is 3.13. The fourth-order valence-electron chi connectivity index (χ4n) is 1.85. The van der Waals surface area contributed by atoms with Gasteiger partial charge in [0.05, 0.1) is 0 Å². The normalized spacial score (nSPS) is 24.1. The highest BCUT2D eigenvalue weighted by molar-refractivity contribution is 5.22. The Morgan fingerprint density at radius 1 is 1.27 bits per heavy atom. The molecule has 2 heteroatoms. The first-order chi connectivity index (χ1) is 7.29. The predicted molar refractivity (Wildman–Crippen MR) is 63.6 cm³/mol. The van der Waals surface area contributed by atoms with Crippen LogP contribution in [0.15, 0.2) is 24.3 Å². The molecule has 1 aromatic rings. The van der Waals surface area contributed by atoms with Gasteiger partial charge in [0.2, 0.25) is 0 Å². The van der Waals surface area contributed by atoms with Gasteiger partial charge in [0.1, 0.15) is 0 Å². The summed E-state index contributed by atoms with van der Waals surface area (Å²) in [6, 6.07) is 9.52. The molecule has 0 spiro atoms. The van der Waals surface area contributed by atoms with Crippen LogP contribution >= 0.6 is 0 Å². The highest BCUT2D eigenvalue weighted by Gasteiger charge is 2.31. The highest BCUT2D eigenvalue weighted by atomic mass is 15.0. The molecule has 1 aliphatic carbocycles. The Kier molecular flexibility index (Phi) is 3.39. The quantitative estimate of drug-likeness (QED) is 0.766. The predicted octanol–water partition coefficient (Wildman–Crippen LogP) is 1.69. The van der Waals surface area contributed by atoms with Gasteiger partial charge < -0.3 is 11.1 Å². The molecule has 0 aromatic heterocycles. The number of hydrogen-bond donors (Lipinski definition) is 2. The topological polar surface area (TPSA) is 38.0 Å². The third-order valence-corrected chi connectivity index (χ3v) is 3.13. The van der Waals surface area contributed by atoms with E-state index in [0.717, 1.165) is 31.5 Å². The van der Waals surface area contributed by atoms with E-state index in [1.165, 1.54) is 17.5 Å². The van der Waals surface area contributed by atoms with Gasteiger partial charge in [-0.2, -0.15) is 0 Å². The van der Waals surface area contributed by atoms with Gasteiger partial charge in [-0.1, -0.05) is 31.2 Å². The Morgan fingerprint density at radius 2 is 1.87 bits per heavy atom. The molecule has 1 fully saturated rings. The molecule has 0 heterocycles. The second-order valence-corrected chi connectivity index (χ2v) is 4.56. The molecule has 1 aromatic carbocycles. The lowest BCUT2D eigenvalue weighted by molar-refractivity contribution is 0.652. The minimum atomic E-state index is 0.733. The summed E-state index contributed by atoms with van der Waals surface area (Å²) < 4.78 is 0. The van der Waals surface area contributed by atoms with Crippen LogP contribution in [0.25, 0.3) is 0 Å². The van der Waals surface area contributed by atoms with Gasteiger partial charge in [0, 0.05) is 12.6 Å². The molecular formula is C13H20N2. The fourth-order valence-corrected chi connectivity index (χ4v) is 1.85. The van der Waals surface area contributed by atoms with Crippen molar-refractivity contribution in [1.29, 1.82) is 0 Å². The monoisotopic (exact) mass is 204 g/mol. The average molecular weight is 204 g/mol. The van der Waals surface area contributed by atoms with Gasteiger partial charge in [-0.15, -0.1) is 0 Å². The van der Waals surface area contributed by atoms with Crippen molar-refractivity contribution in [2.24, 2.45) is 11.7 Å². The smallest absolute Gasteiger partial charge is 0.0208 e. The first kappa shape index (κ1) is 10.7. The number of nitrogens with two attached hydrogens (primary N) is 1. The van der Waals surface area contributed by atoms with Gasteiger partial charge in [-0.3, -0.25) is 0 Å². The molecule has 0 bridgehead atoms. The fraction of sp³-hybridized carbons (Fsp3) is 0.538. The molecule has 0 aliphatic heterocycles. The first-order valence-electron chi connectivity index (χ1n) is 5.81. The summed E-state index contributed by atoms with van der Waals surface area (Å²) in [5.74, 6) is 0.876. The van der Waals surface area contributed by atoms with Crippen molar-refractivity contribution in [3.05, 3.63) is 35.4 Å². The van der Waals surface area contributed by atoms with Crippen LogP contribution in [0.3, 0.4) is 0 Å². The van der Waals surface area contributed by atoms with Gasteiger partial charge in [0.25, 0.3) is 0 Å². The Balaban J connectivity index is 1.81. The van der Waals surface area contributed by atoms with E-state index in [4.69, 9.17) is 5.73 Å². The summed E-state index contributed by atoms with van der Waals surface area (Å²) in [5.41, 5.74) is 8.21. The van der Waals surface area contributed by atoms with E-state index in [2.05, 4.69) is 36.5 Å².